The maximum atomic E-state index is 5.17. The highest BCUT2D eigenvalue weighted by Gasteiger charge is 2.20. The molecule has 0 aliphatic rings. The number of fused-ring (bicyclic) bond motifs is 12. The van der Waals surface area contributed by atoms with Crippen molar-refractivity contribution in [1.29, 1.82) is 0 Å². The third-order valence-corrected chi connectivity index (χ3v) is 23.6. The molecule has 0 N–H and O–H groups in total. The van der Waals surface area contributed by atoms with Crippen LogP contribution >= 0.6 is 45.3 Å². The van der Waals surface area contributed by atoms with Gasteiger partial charge in [-0.15, -0.1) is 45.3 Å². The molecule has 102 heavy (non-hydrogen) atoms. The van der Waals surface area contributed by atoms with Crippen LogP contribution in [-0.4, -0.2) is 19.9 Å². The quantitative estimate of drug-likeness (QED) is 0.121. The number of thiophene rings is 4. The van der Waals surface area contributed by atoms with Gasteiger partial charge in [0.2, 0.25) is 0 Å². The van der Waals surface area contributed by atoms with E-state index in [0.717, 1.165) is 88.1 Å². The first-order chi connectivity index (χ1) is 50.5. The molecule has 480 valence electrons. The fourth-order valence-electron chi connectivity index (χ4n) is 14.2. The summed E-state index contributed by atoms with van der Waals surface area (Å²) in [6, 6.07) is 121. The van der Waals surface area contributed by atoms with Crippen LogP contribution in [0.1, 0.15) is 0 Å². The number of benzene rings is 14. The first-order valence-electron chi connectivity index (χ1n) is 34.0. The van der Waals surface area contributed by atoms with Crippen LogP contribution in [0.4, 0.5) is 34.1 Å². The molecular weight excluding hydrogens is 1320 g/mol. The van der Waals surface area contributed by atoms with Crippen molar-refractivity contribution in [2.75, 3.05) is 9.80 Å². The third kappa shape index (κ3) is 11.3. The van der Waals surface area contributed by atoms with Crippen LogP contribution in [0.3, 0.4) is 0 Å². The first-order valence-corrected chi connectivity index (χ1v) is 37.2. The Hall–Kier alpha value is -12.3. The van der Waals surface area contributed by atoms with Gasteiger partial charge in [-0.2, -0.15) is 0 Å². The van der Waals surface area contributed by atoms with Crippen molar-refractivity contribution in [3.8, 4) is 67.0 Å². The Morgan fingerprint density at radius 1 is 0.216 bits per heavy atom. The van der Waals surface area contributed by atoms with Crippen molar-refractivity contribution >= 4 is 161 Å². The summed E-state index contributed by atoms with van der Waals surface area (Å²) in [5.74, 6) is 0. The Kier molecular flexibility index (Phi) is 15.6. The number of para-hydroxylation sites is 4. The van der Waals surface area contributed by atoms with Gasteiger partial charge in [-0.3, -0.25) is 9.97 Å². The zero-order valence-corrected chi connectivity index (χ0v) is 58.1. The van der Waals surface area contributed by atoms with E-state index in [1.54, 1.807) is 22.7 Å². The monoisotopic (exact) mass is 1370 g/mol. The number of rotatable bonds is 12. The fourth-order valence-corrected chi connectivity index (χ4v) is 18.7. The van der Waals surface area contributed by atoms with Crippen molar-refractivity contribution in [1.82, 2.24) is 19.9 Å². The smallest absolute Gasteiger partial charge is 0.143 e. The summed E-state index contributed by atoms with van der Waals surface area (Å²) in [6.45, 7) is 0. The second kappa shape index (κ2) is 26.1. The molecule has 0 unspecified atom stereocenters. The van der Waals surface area contributed by atoms with Gasteiger partial charge in [0.25, 0.3) is 0 Å². The van der Waals surface area contributed by atoms with Gasteiger partial charge in [-0.25, -0.2) is 9.97 Å². The largest absolute Gasteiger partial charge is 0.311 e. The first kappa shape index (κ1) is 60.9. The molecule has 6 aromatic heterocycles. The van der Waals surface area contributed by atoms with Gasteiger partial charge in [0, 0.05) is 106 Å². The fraction of sp³-hybridized carbons (Fsp3) is 0. The number of nitrogens with zero attached hydrogens (tertiary/aromatic N) is 6. The lowest BCUT2D eigenvalue weighted by molar-refractivity contribution is 1.27. The topological polar surface area (TPSA) is 58.0 Å². The predicted octanol–water partition coefficient (Wildman–Crippen LogP) is 27.4. The molecule has 0 amide bonds. The lowest BCUT2D eigenvalue weighted by Gasteiger charge is -2.25. The van der Waals surface area contributed by atoms with E-state index in [2.05, 4.69) is 325 Å². The molecular formula is C92H58N6S4. The second-order valence-corrected chi connectivity index (χ2v) is 29.4. The van der Waals surface area contributed by atoms with Crippen LogP contribution in [0.25, 0.3) is 148 Å². The predicted molar refractivity (Wildman–Crippen MR) is 438 cm³/mol. The highest BCUT2D eigenvalue weighted by Crippen LogP contribution is 2.46. The van der Waals surface area contributed by atoms with Crippen LogP contribution in [-0.2, 0) is 0 Å². The van der Waals surface area contributed by atoms with E-state index in [9.17, 15) is 0 Å². The van der Waals surface area contributed by atoms with E-state index in [-0.39, 0.29) is 0 Å². The third-order valence-electron chi connectivity index (χ3n) is 19.1. The van der Waals surface area contributed by atoms with Gasteiger partial charge in [0.1, 0.15) is 20.7 Å². The van der Waals surface area contributed by atoms with Crippen LogP contribution in [0.5, 0.6) is 0 Å². The molecule has 0 atom stereocenters. The number of hydrogen-bond donors (Lipinski definition) is 0. The van der Waals surface area contributed by atoms with Crippen LogP contribution < -0.4 is 9.80 Å². The Labute approximate surface area is 604 Å². The summed E-state index contributed by atoms with van der Waals surface area (Å²) in [6.07, 6.45) is 3.83. The number of aromatic nitrogens is 4. The lowest BCUT2D eigenvalue weighted by Crippen LogP contribution is -2.09. The Morgan fingerprint density at radius 2 is 0.559 bits per heavy atom. The minimum Gasteiger partial charge on any atom is -0.311 e. The van der Waals surface area contributed by atoms with Crippen molar-refractivity contribution in [2.24, 2.45) is 0 Å². The molecule has 10 heteroatoms. The van der Waals surface area contributed by atoms with E-state index < -0.39 is 0 Å². The minimum absolute atomic E-state index is 0.861. The molecule has 6 heterocycles. The molecule has 0 spiro atoms. The second-order valence-electron chi connectivity index (χ2n) is 25.3. The summed E-state index contributed by atoms with van der Waals surface area (Å²) in [5.41, 5.74) is 22.0. The highest BCUT2D eigenvalue weighted by atomic mass is 32.1. The van der Waals surface area contributed by atoms with Crippen molar-refractivity contribution < 1.29 is 0 Å². The van der Waals surface area contributed by atoms with E-state index in [1.165, 1.54) is 94.3 Å². The van der Waals surface area contributed by atoms with Gasteiger partial charge in [-0.1, -0.05) is 218 Å². The Balaban J connectivity index is 0.000000141. The number of anilines is 6. The molecule has 20 rings (SSSR count). The van der Waals surface area contributed by atoms with Gasteiger partial charge in [-0.05, 0) is 166 Å². The average Bonchev–Trinajstić information content (AvgIpc) is 1.56. The van der Waals surface area contributed by atoms with Crippen molar-refractivity contribution in [2.45, 2.75) is 0 Å². The summed E-state index contributed by atoms with van der Waals surface area (Å²) in [4.78, 5) is 26.7. The van der Waals surface area contributed by atoms with Crippen LogP contribution in [0, 0.1) is 0 Å². The SMILES string of the molecule is c1ccc(N(c2ccccc2)c2ccc(-c3cnc4c(n3)sc3ccc(-c5cccc(-c6cccc7c6sc6ccccc67)c5)cc34)cc2)cc1.c1ccc(N(c2ccccc2)c2cccc(-c3cnc4c(n3)sc3ccc(-c5cccc(-c6cccc7c6sc6ccccc67)c5)cc34)c2)cc1. The summed E-state index contributed by atoms with van der Waals surface area (Å²) >= 11 is 7.14. The average molecular weight is 1380 g/mol. The molecule has 0 aliphatic heterocycles. The van der Waals surface area contributed by atoms with E-state index in [4.69, 9.17) is 19.9 Å². The van der Waals surface area contributed by atoms with E-state index in [0.29, 0.717) is 0 Å². The standard InChI is InChI=1S/2C46H29N3S2/c1-3-15-34(16-4-1)49(35-17-5-2-6-18-35)36-19-10-14-33(27-36)41-29-47-44-40-28-31(24-25-43(40)51-46(44)48-41)30-12-9-13-32(26-30)37-21-11-22-39-38-20-7-8-23-42(38)50-45(37)39;1-3-13-34(14-4-1)49(35-15-5-2-6-16-35)36-24-21-30(22-25-36)41-29-47-44-40-28-32(23-26-43(40)51-46(44)48-41)31-11-9-12-33(27-31)37-18-10-19-39-38-17-7-8-20-42(38)50-45(37)39/h2*1-29H. The molecule has 20 aromatic rings. The molecule has 0 aliphatic carbocycles. The normalized spacial score (nSPS) is 11.5. The van der Waals surface area contributed by atoms with Gasteiger partial charge < -0.3 is 9.80 Å². The van der Waals surface area contributed by atoms with E-state index >= 15 is 0 Å². The van der Waals surface area contributed by atoms with Gasteiger partial charge in [0.05, 0.1) is 23.8 Å². The summed E-state index contributed by atoms with van der Waals surface area (Å²) < 4.78 is 7.69. The van der Waals surface area contributed by atoms with Gasteiger partial charge >= 0.3 is 0 Å². The zero-order valence-electron chi connectivity index (χ0n) is 54.8. The maximum Gasteiger partial charge on any atom is 0.143 e. The molecule has 0 fully saturated rings. The maximum absolute atomic E-state index is 5.17. The molecule has 0 saturated heterocycles. The molecule has 0 radical (unpaired) electrons. The van der Waals surface area contributed by atoms with Gasteiger partial charge in [0.15, 0.2) is 0 Å². The van der Waals surface area contributed by atoms with Crippen molar-refractivity contribution in [3.05, 3.63) is 352 Å². The Morgan fingerprint density at radius 3 is 1.04 bits per heavy atom. The Bertz CT molecular complexity index is 6450. The molecule has 0 saturated carbocycles. The molecule has 6 nitrogen and oxygen atoms in total. The van der Waals surface area contributed by atoms with Crippen molar-refractivity contribution in [3.63, 3.8) is 0 Å². The minimum atomic E-state index is 0.861. The summed E-state index contributed by atoms with van der Waals surface area (Å²) in [5, 5.41) is 7.56. The van der Waals surface area contributed by atoms with Crippen LogP contribution in [0.2, 0.25) is 0 Å². The van der Waals surface area contributed by atoms with Crippen LogP contribution in [0.15, 0.2) is 352 Å². The highest BCUT2D eigenvalue weighted by molar-refractivity contribution is 7.27. The lowest BCUT2D eigenvalue weighted by atomic mass is 9.97. The van der Waals surface area contributed by atoms with E-state index in [1.807, 2.05) is 59.3 Å². The molecule has 0 bridgehead atoms. The zero-order chi connectivity index (χ0) is 67.5. The summed E-state index contributed by atoms with van der Waals surface area (Å²) in [7, 11) is 0. The molecule has 14 aromatic carbocycles. The number of hydrogen-bond acceptors (Lipinski definition) is 10.